The van der Waals surface area contributed by atoms with E-state index in [0.717, 1.165) is 12.8 Å². The average molecular weight is 403 g/mol. The van der Waals surface area contributed by atoms with Crippen molar-refractivity contribution in [2.24, 2.45) is 17.6 Å². The summed E-state index contributed by atoms with van der Waals surface area (Å²) >= 11 is 4.24. The Morgan fingerprint density at radius 3 is 2.41 bits per heavy atom. The Balaban J connectivity index is 2.69. The number of hydrogen-bond acceptors (Lipinski definition) is 7. The van der Waals surface area contributed by atoms with Crippen LogP contribution in [0.25, 0.3) is 0 Å². The van der Waals surface area contributed by atoms with Crippen molar-refractivity contribution < 1.29 is 14.3 Å². The number of nitrogens with one attached hydrogen (secondary N) is 3. The number of thiol groups is 1. The lowest BCUT2D eigenvalue weighted by Gasteiger charge is -2.30. The van der Waals surface area contributed by atoms with E-state index < -0.39 is 6.04 Å². The minimum atomic E-state index is -0.525. The topological polar surface area (TPSA) is 105 Å². The van der Waals surface area contributed by atoms with Crippen molar-refractivity contribution >= 4 is 24.5 Å². The fourth-order valence-corrected chi connectivity index (χ4v) is 3.19. The zero-order valence-corrected chi connectivity index (χ0v) is 18.1. The van der Waals surface area contributed by atoms with Gasteiger partial charge in [-0.1, -0.05) is 40.5 Å². The number of rotatable bonds is 13. The Hall–Kier alpha value is -0.830. The molecule has 8 heteroatoms. The molecule has 1 aliphatic heterocycles. The summed E-state index contributed by atoms with van der Waals surface area (Å²) in [6.45, 7) is 10.2. The molecule has 1 aliphatic rings. The molecule has 0 spiro atoms. The first-order valence-electron chi connectivity index (χ1n) is 10.1. The molecule has 1 rings (SSSR count). The van der Waals surface area contributed by atoms with E-state index in [1.807, 2.05) is 6.92 Å². The van der Waals surface area contributed by atoms with Crippen LogP contribution in [-0.4, -0.2) is 61.5 Å². The van der Waals surface area contributed by atoms with Gasteiger partial charge in [-0.2, -0.15) is 12.6 Å². The van der Waals surface area contributed by atoms with Crippen LogP contribution in [0.3, 0.4) is 0 Å². The van der Waals surface area contributed by atoms with E-state index in [-0.39, 0.29) is 35.9 Å². The molecule has 0 bridgehead atoms. The smallest absolute Gasteiger partial charge is 0.328 e. The molecule has 0 aliphatic carbocycles. The highest BCUT2D eigenvalue weighted by molar-refractivity contribution is 7.80. The predicted molar refractivity (Wildman–Crippen MR) is 112 cm³/mol. The Bertz CT molecular complexity index is 466. The monoisotopic (exact) mass is 402 g/mol. The van der Waals surface area contributed by atoms with E-state index in [4.69, 9.17) is 10.5 Å². The maximum absolute atomic E-state index is 12.8. The highest BCUT2D eigenvalue weighted by Gasteiger charge is 2.32. The number of nitrogens with two attached hydrogens (primary N) is 1. The molecule has 1 heterocycles. The molecule has 0 radical (unpaired) electrons. The molecule has 0 aromatic heterocycles. The first-order chi connectivity index (χ1) is 12.8. The molecule has 1 amide bonds. The van der Waals surface area contributed by atoms with Crippen molar-refractivity contribution in [2.75, 3.05) is 25.4 Å². The molecule has 1 saturated heterocycles. The first-order valence-corrected chi connectivity index (χ1v) is 10.8. The van der Waals surface area contributed by atoms with Crippen LogP contribution in [0.1, 0.15) is 47.0 Å². The lowest BCUT2D eigenvalue weighted by molar-refractivity contribution is -0.141. The van der Waals surface area contributed by atoms with Crippen molar-refractivity contribution in [1.82, 2.24) is 16.0 Å². The minimum Gasteiger partial charge on any atom is -0.464 e. The van der Waals surface area contributed by atoms with E-state index in [9.17, 15) is 9.59 Å². The Morgan fingerprint density at radius 1 is 1.22 bits per heavy atom. The molecular formula is C19H38N4O3S. The van der Waals surface area contributed by atoms with Crippen LogP contribution in [0.2, 0.25) is 0 Å². The molecular weight excluding hydrogens is 364 g/mol. The van der Waals surface area contributed by atoms with Gasteiger partial charge in [-0.05, 0) is 11.8 Å². The van der Waals surface area contributed by atoms with Crippen LogP contribution in [0.4, 0.5) is 0 Å². The van der Waals surface area contributed by atoms with E-state index in [1.165, 1.54) is 0 Å². The molecule has 5 N–H and O–H groups in total. The molecule has 27 heavy (non-hydrogen) atoms. The lowest BCUT2D eigenvalue weighted by Crippen LogP contribution is -2.56. The van der Waals surface area contributed by atoms with E-state index in [2.05, 4.69) is 49.4 Å². The Labute approximate surface area is 169 Å². The second-order valence-electron chi connectivity index (χ2n) is 7.63. The number of hydrogen-bond donors (Lipinski definition) is 5. The molecule has 1 fully saturated rings. The Kier molecular flexibility index (Phi) is 11.3. The lowest BCUT2D eigenvalue weighted by atomic mass is 9.95. The standard InChI is InChI=1S/C19H38N4O3S/c1-5-12(3)16(21-9-14(20)11-27)10-22-17(13(4)6-2)18(24)23-15-7-8-26-19(15)25/h12-17,21-22,27H,5-11,20H2,1-4H3,(H,23,24)/t12-,13+,14-,15+,16-,17+/m1/s1. The summed E-state index contributed by atoms with van der Waals surface area (Å²) in [5.41, 5.74) is 5.97. The average Bonchev–Trinajstić information content (AvgIpc) is 3.07. The number of esters is 1. The SMILES string of the molecule is CC[C@@H](C)[C@@H](CN[C@H](C(=O)N[C@H]1CCOC1=O)[C@@H](C)CC)NC[C@@H](N)CS. The number of carbonyl (C=O) groups is 2. The fraction of sp³-hybridized carbons (Fsp3) is 0.895. The van der Waals surface area contributed by atoms with Crippen LogP contribution >= 0.6 is 12.6 Å². The van der Waals surface area contributed by atoms with Crippen LogP contribution in [0.5, 0.6) is 0 Å². The van der Waals surface area contributed by atoms with Gasteiger partial charge in [0.25, 0.3) is 0 Å². The van der Waals surface area contributed by atoms with Gasteiger partial charge in [0.05, 0.1) is 12.6 Å². The molecule has 0 aromatic carbocycles. The highest BCUT2D eigenvalue weighted by Crippen LogP contribution is 2.13. The summed E-state index contributed by atoms with van der Waals surface area (Å²) < 4.78 is 4.94. The highest BCUT2D eigenvalue weighted by atomic mass is 32.1. The maximum atomic E-state index is 12.8. The third-order valence-electron chi connectivity index (χ3n) is 5.51. The Morgan fingerprint density at radius 2 is 1.89 bits per heavy atom. The number of ether oxygens (including phenoxy) is 1. The van der Waals surface area contributed by atoms with Gasteiger partial charge < -0.3 is 26.4 Å². The number of cyclic esters (lactones) is 1. The molecule has 0 saturated carbocycles. The van der Waals surface area contributed by atoms with Gasteiger partial charge in [0.2, 0.25) is 5.91 Å². The maximum Gasteiger partial charge on any atom is 0.328 e. The van der Waals surface area contributed by atoms with Crippen LogP contribution in [0.15, 0.2) is 0 Å². The van der Waals surface area contributed by atoms with Crippen molar-refractivity contribution in [2.45, 2.75) is 71.1 Å². The van der Waals surface area contributed by atoms with Gasteiger partial charge in [-0.3, -0.25) is 4.79 Å². The molecule has 158 valence electrons. The quantitative estimate of drug-likeness (QED) is 0.229. The van der Waals surface area contributed by atoms with Crippen molar-refractivity contribution in [3.05, 3.63) is 0 Å². The zero-order chi connectivity index (χ0) is 20.4. The number of amides is 1. The fourth-order valence-electron chi connectivity index (χ4n) is 3.06. The second kappa shape index (κ2) is 12.6. The van der Waals surface area contributed by atoms with E-state index in [0.29, 0.717) is 37.8 Å². The first kappa shape index (κ1) is 24.2. The predicted octanol–water partition coefficient (Wildman–Crippen LogP) is 0.684. The van der Waals surface area contributed by atoms with Gasteiger partial charge in [-0.25, -0.2) is 4.79 Å². The summed E-state index contributed by atoms with van der Waals surface area (Å²) in [5.74, 6) is 0.743. The van der Waals surface area contributed by atoms with Crippen LogP contribution in [0, 0.1) is 11.8 Å². The van der Waals surface area contributed by atoms with Crippen molar-refractivity contribution in [3.63, 3.8) is 0 Å². The summed E-state index contributed by atoms with van der Waals surface area (Å²) in [5, 5.41) is 9.78. The van der Waals surface area contributed by atoms with Crippen molar-refractivity contribution in [1.29, 1.82) is 0 Å². The third-order valence-corrected chi connectivity index (χ3v) is 5.98. The van der Waals surface area contributed by atoms with Gasteiger partial charge in [0, 0.05) is 37.3 Å². The molecule has 0 aromatic rings. The van der Waals surface area contributed by atoms with Gasteiger partial charge in [0.1, 0.15) is 6.04 Å². The van der Waals surface area contributed by atoms with Gasteiger partial charge in [-0.15, -0.1) is 0 Å². The summed E-state index contributed by atoms with van der Waals surface area (Å²) in [6, 6.07) is -0.670. The molecule has 0 unspecified atom stereocenters. The summed E-state index contributed by atoms with van der Waals surface area (Å²) in [6.07, 6.45) is 2.44. The van der Waals surface area contributed by atoms with Crippen LogP contribution < -0.4 is 21.7 Å². The molecule has 6 atom stereocenters. The van der Waals surface area contributed by atoms with Gasteiger partial charge >= 0.3 is 5.97 Å². The summed E-state index contributed by atoms with van der Waals surface area (Å²) in [7, 11) is 0. The van der Waals surface area contributed by atoms with Gasteiger partial charge in [0.15, 0.2) is 0 Å². The van der Waals surface area contributed by atoms with E-state index >= 15 is 0 Å². The zero-order valence-electron chi connectivity index (χ0n) is 17.2. The summed E-state index contributed by atoms with van der Waals surface area (Å²) in [4.78, 5) is 24.4. The van der Waals surface area contributed by atoms with Crippen LogP contribution in [-0.2, 0) is 14.3 Å². The number of carbonyl (C=O) groups excluding carboxylic acids is 2. The van der Waals surface area contributed by atoms with E-state index in [1.54, 1.807) is 0 Å². The van der Waals surface area contributed by atoms with Crippen molar-refractivity contribution in [3.8, 4) is 0 Å². The second-order valence-corrected chi connectivity index (χ2v) is 8.00. The normalized spacial score (nSPS) is 22.6. The third kappa shape index (κ3) is 7.97. The largest absolute Gasteiger partial charge is 0.464 e. The minimum absolute atomic E-state index is 0.00179. The molecule has 7 nitrogen and oxygen atoms in total.